The molecule has 32 heavy (non-hydrogen) atoms. The molecule has 0 fully saturated rings. The van der Waals surface area contributed by atoms with E-state index in [1.54, 1.807) is 19.1 Å². The minimum Gasteiger partial charge on any atom is -0.507 e. The summed E-state index contributed by atoms with van der Waals surface area (Å²) in [6.45, 7) is 8.80. The molecule has 2 unspecified atom stereocenters. The number of hydrogen-bond donors (Lipinski definition) is 4. The predicted molar refractivity (Wildman–Crippen MR) is 125 cm³/mol. The van der Waals surface area contributed by atoms with E-state index in [1.807, 2.05) is 32.9 Å². The topological polar surface area (TPSA) is 124 Å². The fourth-order valence-corrected chi connectivity index (χ4v) is 4.63. The summed E-state index contributed by atoms with van der Waals surface area (Å²) in [6, 6.07) is 7.46. The summed E-state index contributed by atoms with van der Waals surface area (Å²) in [4.78, 5) is 33.9. The van der Waals surface area contributed by atoms with E-state index >= 15 is 0 Å². The second kappa shape index (κ2) is 10.3. The smallest absolute Gasteiger partial charge is 0.326 e. The summed E-state index contributed by atoms with van der Waals surface area (Å²) in [6.07, 6.45) is 1.19. The number of phenolic OH excluding ortho intramolecular Hbond substituents is 1. The van der Waals surface area contributed by atoms with Crippen molar-refractivity contribution in [2.75, 3.05) is 6.66 Å². The summed E-state index contributed by atoms with van der Waals surface area (Å²) in [5.74, 6) is -2.23. The third-order valence-corrected chi connectivity index (χ3v) is 6.64. The lowest BCUT2D eigenvalue weighted by atomic mass is 9.93. The zero-order valence-corrected chi connectivity index (χ0v) is 20.1. The summed E-state index contributed by atoms with van der Waals surface area (Å²) < 4.78 is 11.8. The van der Waals surface area contributed by atoms with Crippen LogP contribution in [0.1, 0.15) is 58.4 Å². The quantitative estimate of drug-likeness (QED) is 0.415. The average Bonchev–Trinajstić information content (AvgIpc) is 2.67. The maximum atomic E-state index is 12.7. The summed E-state index contributed by atoms with van der Waals surface area (Å²) in [5, 5.41) is 22.2. The number of carbonyl (C=O) groups is 2. The van der Waals surface area contributed by atoms with Gasteiger partial charge in [0.1, 0.15) is 11.8 Å². The van der Waals surface area contributed by atoms with Crippen LogP contribution in [0.15, 0.2) is 30.3 Å². The molecule has 0 saturated carbocycles. The number of aryl methyl sites for hydroxylation is 2. The fourth-order valence-electron chi connectivity index (χ4n) is 3.77. The van der Waals surface area contributed by atoms with Crippen LogP contribution >= 0.6 is 7.37 Å². The predicted octanol–water partition coefficient (Wildman–Crippen LogP) is 4.23. The standard InChI is InChI=1S/C24H32NO6P/c1-6-14(2)22(24(28)29)25-23(27)20-12-17(7-8-21(20)26)11-19-15(3)9-18(10-16(19)4)13-32(5,30)31/h7-10,12,14,22,26H,6,11,13H2,1-5H3,(H,25,27)(H,28,29)(H,30,31)/t14?,22-/m0/s1. The Morgan fingerprint density at radius 3 is 2.19 bits per heavy atom. The number of aliphatic carboxylic acids is 1. The van der Waals surface area contributed by atoms with Crippen LogP contribution < -0.4 is 5.32 Å². The van der Waals surface area contributed by atoms with Gasteiger partial charge in [0.25, 0.3) is 5.91 Å². The minimum absolute atomic E-state index is 0.0242. The maximum Gasteiger partial charge on any atom is 0.326 e. The molecule has 2 aromatic rings. The largest absolute Gasteiger partial charge is 0.507 e. The molecule has 0 spiro atoms. The zero-order valence-electron chi connectivity index (χ0n) is 19.2. The van der Waals surface area contributed by atoms with Gasteiger partial charge in [0, 0.05) is 12.8 Å². The summed E-state index contributed by atoms with van der Waals surface area (Å²) >= 11 is 0. The van der Waals surface area contributed by atoms with Gasteiger partial charge in [0.2, 0.25) is 7.37 Å². The summed E-state index contributed by atoms with van der Waals surface area (Å²) in [7, 11) is -3.17. The third-order valence-electron chi connectivity index (χ3n) is 5.68. The van der Waals surface area contributed by atoms with Gasteiger partial charge in [-0.25, -0.2) is 4.79 Å². The first-order valence-corrected chi connectivity index (χ1v) is 12.9. The molecule has 0 bridgehead atoms. The lowest BCUT2D eigenvalue weighted by molar-refractivity contribution is -0.140. The Balaban J connectivity index is 2.31. The van der Waals surface area contributed by atoms with E-state index in [-0.39, 0.29) is 23.4 Å². The Kier molecular flexibility index (Phi) is 8.27. The van der Waals surface area contributed by atoms with Crippen LogP contribution in [0, 0.1) is 19.8 Å². The van der Waals surface area contributed by atoms with Crippen LogP contribution in [0.25, 0.3) is 0 Å². The first-order chi connectivity index (χ1) is 14.8. The number of carboxylic acids is 1. The highest BCUT2D eigenvalue weighted by Gasteiger charge is 2.27. The molecule has 4 N–H and O–H groups in total. The molecule has 0 heterocycles. The van der Waals surface area contributed by atoms with Crippen molar-refractivity contribution in [1.29, 1.82) is 0 Å². The van der Waals surface area contributed by atoms with E-state index in [0.717, 1.165) is 27.8 Å². The number of rotatable bonds is 9. The van der Waals surface area contributed by atoms with Crippen LogP contribution in [0.3, 0.4) is 0 Å². The van der Waals surface area contributed by atoms with Crippen molar-refractivity contribution in [3.63, 3.8) is 0 Å². The first kappa shape index (κ1) is 25.6. The van der Waals surface area contributed by atoms with Crippen LogP contribution in [-0.4, -0.2) is 39.7 Å². The van der Waals surface area contributed by atoms with E-state index in [1.165, 1.54) is 12.7 Å². The normalized spacial score (nSPS) is 14.9. The number of phenols is 1. The van der Waals surface area contributed by atoms with E-state index in [0.29, 0.717) is 12.8 Å². The van der Waals surface area contributed by atoms with Crippen molar-refractivity contribution in [3.05, 3.63) is 63.7 Å². The highest BCUT2D eigenvalue weighted by Crippen LogP contribution is 2.40. The molecular formula is C24H32NO6P. The second-order valence-corrected chi connectivity index (χ2v) is 11.0. The molecule has 8 heteroatoms. The van der Waals surface area contributed by atoms with Crippen molar-refractivity contribution in [2.24, 2.45) is 5.92 Å². The Labute approximate surface area is 188 Å². The molecule has 7 nitrogen and oxygen atoms in total. The third kappa shape index (κ3) is 6.68. The lowest BCUT2D eigenvalue weighted by Crippen LogP contribution is -2.45. The zero-order chi connectivity index (χ0) is 24.2. The molecule has 1 amide bonds. The van der Waals surface area contributed by atoms with E-state index in [4.69, 9.17) is 0 Å². The van der Waals surface area contributed by atoms with Crippen molar-refractivity contribution >= 4 is 19.2 Å². The minimum atomic E-state index is -3.17. The molecule has 0 radical (unpaired) electrons. The van der Waals surface area contributed by atoms with Crippen LogP contribution in [0.5, 0.6) is 5.75 Å². The van der Waals surface area contributed by atoms with E-state index < -0.39 is 25.3 Å². The highest BCUT2D eigenvalue weighted by molar-refractivity contribution is 7.56. The van der Waals surface area contributed by atoms with Crippen molar-refractivity contribution in [2.45, 2.75) is 52.7 Å². The molecule has 174 valence electrons. The highest BCUT2D eigenvalue weighted by atomic mass is 31.2. The molecule has 0 aliphatic rings. The number of hydrogen-bond acceptors (Lipinski definition) is 4. The number of benzene rings is 2. The van der Waals surface area contributed by atoms with Gasteiger partial charge in [-0.3, -0.25) is 9.36 Å². The van der Waals surface area contributed by atoms with Gasteiger partial charge in [0.15, 0.2) is 0 Å². The van der Waals surface area contributed by atoms with E-state index in [9.17, 15) is 29.3 Å². The number of amides is 1. The number of carboxylic acid groups (broad SMARTS) is 1. The number of aromatic hydroxyl groups is 1. The molecule has 0 aliphatic heterocycles. The Morgan fingerprint density at radius 1 is 1.09 bits per heavy atom. The number of carbonyl (C=O) groups excluding carboxylic acids is 1. The van der Waals surface area contributed by atoms with Gasteiger partial charge in [-0.1, -0.05) is 38.5 Å². The van der Waals surface area contributed by atoms with Crippen molar-refractivity contribution in [3.8, 4) is 5.75 Å². The molecule has 0 saturated heterocycles. The molecule has 0 aromatic heterocycles. The molecule has 3 atom stereocenters. The number of nitrogens with one attached hydrogen (secondary N) is 1. The van der Waals surface area contributed by atoms with Crippen molar-refractivity contribution in [1.82, 2.24) is 5.32 Å². The molecule has 2 aromatic carbocycles. The Bertz CT molecular complexity index is 1040. The van der Waals surface area contributed by atoms with Crippen LogP contribution in [0.2, 0.25) is 0 Å². The Hall–Kier alpha value is -2.63. The molecule has 2 rings (SSSR count). The SMILES string of the molecule is CCC(C)[C@H](NC(=O)c1cc(Cc2c(C)cc(CP(C)(=O)O)cc2C)ccc1O)C(=O)O. The van der Waals surface area contributed by atoms with Crippen LogP contribution in [-0.2, 0) is 21.9 Å². The van der Waals surface area contributed by atoms with Gasteiger partial charge in [-0.05, 0) is 66.1 Å². The average molecular weight is 461 g/mol. The van der Waals surface area contributed by atoms with Gasteiger partial charge < -0.3 is 20.4 Å². The Morgan fingerprint density at radius 2 is 1.69 bits per heavy atom. The van der Waals surface area contributed by atoms with Crippen LogP contribution in [0.4, 0.5) is 0 Å². The van der Waals surface area contributed by atoms with Gasteiger partial charge >= 0.3 is 5.97 Å². The second-order valence-electron chi connectivity index (χ2n) is 8.62. The fraction of sp³-hybridized carbons (Fsp3) is 0.417. The van der Waals surface area contributed by atoms with E-state index in [2.05, 4.69) is 5.32 Å². The molecular weight excluding hydrogens is 429 g/mol. The molecule has 0 aliphatic carbocycles. The van der Waals surface area contributed by atoms with Gasteiger partial charge in [-0.2, -0.15) is 0 Å². The van der Waals surface area contributed by atoms with Gasteiger partial charge in [-0.15, -0.1) is 0 Å². The monoisotopic (exact) mass is 461 g/mol. The first-order valence-electron chi connectivity index (χ1n) is 10.6. The summed E-state index contributed by atoms with van der Waals surface area (Å²) in [5.41, 5.74) is 4.57. The van der Waals surface area contributed by atoms with Crippen molar-refractivity contribution < 1.29 is 29.3 Å². The lowest BCUT2D eigenvalue weighted by Gasteiger charge is -2.20. The van der Waals surface area contributed by atoms with Gasteiger partial charge in [0.05, 0.1) is 5.56 Å². The maximum absolute atomic E-state index is 12.7.